The van der Waals surface area contributed by atoms with Gasteiger partial charge in [0.2, 0.25) is 0 Å². The Labute approximate surface area is 99.5 Å². The summed E-state index contributed by atoms with van der Waals surface area (Å²) in [6, 6.07) is 5.56. The van der Waals surface area contributed by atoms with E-state index in [-0.39, 0.29) is 5.78 Å². The molecule has 0 amide bonds. The van der Waals surface area contributed by atoms with Crippen molar-refractivity contribution in [1.82, 2.24) is 0 Å². The summed E-state index contributed by atoms with van der Waals surface area (Å²) in [5.41, 5.74) is 1.79. The van der Waals surface area contributed by atoms with E-state index in [1.54, 1.807) is 6.07 Å². The minimum atomic E-state index is -0.455. The molecule has 0 N–H and O–H groups in total. The minimum absolute atomic E-state index is 0.000556. The molecule has 0 radical (unpaired) electrons. The van der Waals surface area contributed by atoms with Crippen LogP contribution in [-0.2, 0) is 15.9 Å². The van der Waals surface area contributed by atoms with Crippen molar-refractivity contribution in [3.8, 4) is 5.75 Å². The summed E-state index contributed by atoms with van der Waals surface area (Å²) in [6.07, 6.45) is 0.419. The van der Waals surface area contributed by atoms with Gasteiger partial charge in [-0.15, -0.1) is 0 Å². The maximum absolute atomic E-state index is 12.2. The van der Waals surface area contributed by atoms with Gasteiger partial charge >= 0.3 is 0 Å². The summed E-state index contributed by atoms with van der Waals surface area (Å²) in [6.45, 7) is 2.12. The molecule has 1 aromatic rings. The first-order chi connectivity index (χ1) is 8.34. The number of ether oxygens (including phenoxy) is 3. The monoisotopic (exact) mass is 234 g/mol. The summed E-state index contributed by atoms with van der Waals surface area (Å²) >= 11 is 0. The van der Waals surface area contributed by atoms with E-state index < -0.39 is 6.10 Å². The molecule has 0 saturated carbocycles. The number of rotatable bonds is 2. The molecular weight excluding hydrogens is 220 g/mol. The van der Waals surface area contributed by atoms with Gasteiger partial charge in [-0.1, -0.05) is 0 Å². The van der Waals surface area contributed by atoms with Gasteiger partial charge in [0.1, 0.15) is 11.9 Å². The normalized spacial score (nSPS) is 22.9. The van der Waals surface area contributed by atoms with Gasteiger partial charge in [-0.25, -0.2) is 0 Å². The standard InChI is InChI=1S/C13H14O4/c14-13(12-8-15-5-6-17-12)10-1-2-11-9(7-10)3-4-16-11/h1-2,7,12H,3-6,8H2. The first kappa shape index (κ1) is 10.7. The average molecular weight is 234 g/mol. The van der Waals surface area contributed by atoms with Crippen molar-refractivity contribution in [2.75, 3.05) is 26.4 Å². The van der Waals surface area contributed by atoms with Gasteiger partial charge in [0.15, 0.2) is 5.78 Å². The number of benzene rings is 1. The molecule has 2 aliphatic rings. The van der Waals surface area contributed by atoms with Crippen LogP contribution < -0.4 is 4.74 Å². The molecule has 1 unspecified atom stereocenters. The molecule has 3 rings (SSSR count). The van der Waals surface area contributed by atoms with E-state index in [1.807, 2.05) is 12.1 Å². The SMILES string of the molecule is O=C(c1ccc2c(c1)CCO2)C1COCCO1. The molecule has 4 heteroatoms. The van der Waals surface area contributed by atoms with E-state index in [0.717, 1.165) is 17.7 Å². The highest BCUT2D eigenvalue weighted by atomic mass is 16.6. The molecule has 2 heterocycles. The Morgan fingerprint density at radius 1 is 1.24 bits per heavy atom. The van der Waals surface area contributed by atoms with Crippen LogP contribution in [0.4, 0.5) is 0 Å². The molecule has 1 saturated heterocycles. The molecule has 0 aliphatic carbocycles. The number of carbonyl (C=O) groups is 1. The van der Waals surface area contributed by atoms with Crippen molar-refractivity contribution in [2.24, 2.45) is 0 Å². The summed E-state index contributed by atoms with van der Waals surface area (Å²) in [4.78, 5) is 12.2. The molecule has 90 valence electrons. The molecular formula is C13H14O4. The molecule has 1 fully saturated rings. The van der Waals surface area contributed by atoms with Crippen molar-refractivity contribution in [3.05, 3.63) is 29.3 Å². The first-order valence-corrected chi connectivity index (χ1v) is 5.84. The Balaban J connectivity index is 1.81. The zero-order chi connectivity index (χ0) is 11.7. The Bertz CT molecular complexity index is 435. The van der Waals surface area contributed by atoms with Crippen LogP contribution in [0.5, 0.6) is 5.75 Å². The fraction of sp³-hybridized carbons (Fsp3) is 0.462. The average Bonchev–Trinajstić information content (AvgIpc) is 2.86. The summed E-state index contributed by atoms with van der Waals surface area (Å²) in [5.74, 6) is 0.891. The van der Waals surface area contributed by atoms with Gasteiger partial charge in [-0.05, 0) is 23.8 Å². The Hall–Kier alpha value is -1.39. The second-order valence-electron chi connectivity index (χ2n) is 4.22. The lowest BCUT2D eigenvalue weighted by molar-refractivity contribution is -0.0719. The zero-order valence-corrected chi connectivity index (χ0v) is 9.48. The molecule has 0 aromatic heterocycles. The van der Waals surface area contributed by atoms with Gasteiger partial charge < -0.3 is 14.2 Å². The van der Waals surface area contributed by atoms with Gasteiger partial charge in [-0.2, -0.15) is 0 Å². The lowest BCUT2D eigenvalue weighted by atomic mass is 10.0. The third-order valence-corrected chi connectivity index (χ3v) is 3.08. The number of carbonyl (C=O) groups excluding carboxylic acids is 1. The number of hydrogen-bond donors (Lipinski definition) is 0. The zero-order valence-electron chi connectivity index (χ0n) is 9.48. The molecule has 1 atom stereocenters. The van der Waals surface area contributed by atoms with Crippen LogP contribution in [0.15, 0.2) is 18.2 Å². The lowest BCUT2D eigenvalue weighted by Crippen LogP contribution is -2.35. The Morgan fingerprint density at radius 2 is 2.18 bits per heavy atom. The molecule has 2 aliphatic heterocycles. The van der Waals surface area contributed by atoms with E-state index in [0.29, 0.717) is 32.0 Å². The van der Waals surface area contributed by atoms with Gasteiger partial charge in [-0.3, -0.25) is 4.79 Å². The molecule has 17 heavy (non-hydrogen) atoms. The summed E-state index contributed by atoms with van der Waals surface area (Å²) < 4.78 is 16.1. The second kappa shape index (κ2) is 4.47. The maximum atomic E-state index is 12.2. The molecule has 0 bridgehead atoms. The lowest BCUT2D eigenvalue weighted by Gasteiger charge is -2.21. The third-order valence-electron chi connectivity index (χ3n) is 3.08. The van der Waals surface area contributed by atoms with E-state index in [2.05, 4.69) is 0 Å². The number of fused-ring (bicyclic) bond motifs is 1. The minimum Gasteiger partial charge on any atom is -0.493 e. The molecule has 4 nitrogen and oxygen atoms in total. The highest BCUT2D eigenvalue weighted by molar-refractivity contribution is 6.00. The highest BCUT2D eigenvalue weighted by Crippen LogP contribution is 2.26. The predicted molar refractivity (Wildman–Crippen MR) is 60.5 cm³/mol. The van der Waals surface area contributed by atoms with Crippen LogP contribution in [0.3, 0.4) is 0 Å². The van der Waals surface area contributed by atoms with Crippen LogP contribution in [0.2, 0.25) is 0 Å². The van der Waals surface area contributed by atoms with Gasteiger partial charge in [0, 0.05) is 12.0 Å². The molecule has 0 spiro atoms. The predicted octanol–water partition coefficient (Wildman–Crippen LogP) is 1.22. The summed E-state index contributed by atoms with van der Waals surface area (Å²) in [5, 5.41) is 0. The topological polar surface area (TPSA) is 44.8 Å². The fourth-order valence-electron chi connectivity index (χ4n) is 2.16. The highest BCUT2D eigenvalue weighted by Gasteiger charge is 2.25. The van der Waals surface area contributed by atoms with Gasteiger partial charge in [0.05, 0.1) is 26.4 Å². The van der Waals surface area contributed by atoms with Crippen molar-refractivity contribution in [3.63, 3.8) is 0 Å². The number of ketones is 1. The third kappa shape index (κ3) is 2.06. The summed E-state index contributed by atoms with van der Waals surface area (Å²) in [7, 11) is 0. The van der Waals surface area contributed by atoms with Crippen molar-refractivity contribution < 1.29 is 19.0 Å². The van der Waals surface area contributed by atoms with E-state index in [4.69, 9.17) is 14.2 Å². The second-order valence-corrected chi connectivity index (χ2v) is 4.22. The van der Waals surface area contributed by atoms with Crippen LogP contribution in [0.1, 0.15) is 15.9 Å². The Morgan fingerprint density at radius 3 is 3.00 bits per heavy atom. The van der Waals surface area contributed by atoms with Crippen molar-refractivity contribution in [2.45, 2.75) is 12.5 Å². The van der Waals surface area contributed by atoms with Crippen molar-refractivity contribution in [1.29, 1.82) is 0 Å². The largest absolute Gasteiger partial charge is 0.493 e. The fourth-order valence-corrected chi connectivity index (χ4v) is 2.16. The van der Waals surface area contributed by atoms with E-state index >= 15 is 0 Å². The van der Waals surface area contributed by atoms with Crippen LogP contribution in [-0.4, -0.2) is 38.3 Å². The smallest absolute Gasteiger partial charge is 0.193 e. The van der Waals surface area contributed by atoms with Crippen LogP contribution in [0.25, 0.3) is 0 Å². The van der Waals surface area contributed by atoms with Crippen molar-refractivity contribution >= 4 is 5.78 Å². The van der Waals surface area contributed by atoms with E-state index in [9.17, 15) is 4.79 Å². The molecule has 1 aromatic carbocycles. The van der Waals surface area contributed by atoms with Crippen LogP contribution >= 0.6 is 0 Å². The van der Waals surface area contributed by atoms with Gasteiger partial charge in [0.25, 0.3) is 0 Å². The number of hydrogen-bond acceptors (Lipinski definition) is 4. The van der Waals surface area contributed by atoms with Crippen LogP contribution in [0, 0.1) is 0 Å². The quantitative estimate of drug-likeness (QED) is 0.722. The van der Waals surface area contributed by atoms with E-state index in [1.165, 1.54) is 0 Å². The number of Topliss-reactive ketones (excluding diaryl/α,β-unsaturated/α-hetero) is 1. The maximum Gasteiger partial charge on any atom is 0.193 e. The Kier molecular flexibility index (Phi) is 2.82. The first-order valence-electron chi connectivity index (χ1n) is 5.84.